The second-order valence-corrected chi connectivity index (χ2v) is 8.09. The lowest BCUT2D eigenvalue weighted by atomic mass is 9.85. The summed E-state index contributed by atoms with van der Waals surface area (Å²) in [7, 11) is 0. The van der Waals surface area contributed by atoms with E-state index < -0.39 is 0 Å². The van der Waals surface area contributed by atoms with Gasteiger partial charge in [-0.1, -0.05) is 37.6 Å². The summed E-state index contributed by atoms with van der Waals surface area (Å²) in [5, 5.41) is 3.16. The number of nitrogens with one attached hydrogen (secondary N) is 1. The van der Waals surface area contributed by atoms with Crippen LogP contribution >= 0.6 is 24.8 Å². The van der Waals surface area contributed by atoms with E-state index in [1.54, 1.807) is 0 Å². The van der Waals surface area contributed by atoms with E-state index in [-0.39, 0.29) is 42.7 Å². The summed E-state index contributed by atoms with van der Waals surface area (Å²) < 4.78 is 0. The van der Waals surface area contributed by atoms with E-state index in [2.05, 4.69) is 41.4 Å². The predicted octanol–water partition coefficient (Wildman–Crippen LogP) is 3.90. The van der Waals surface area contributed by atoms with Gasteiger partial charge in [-0.05, 0) is 55.7 Å². The van der Waals surface area contributed by atoms with E-state index >= 15 is 0 Å². The van der Waals surface area contributed by atoms with E-state index in [9.17, 15) is 4.79 Å². The van der Waals surface area contributed by atoms with Crippen molar-refractivity contribution in [1.29, 1.82) is 0 Å². The minimum absolute atomic E-state index is 0. The van der Waals surface area contributed by atoms with Gasteiger partial charge in [0.25, 0.3) is 0 Å². The molecule has 0 radical (unpaired) electrons. The molecule has 0 bridgehead atoms. The van der Waals surface area contributed by atoms with Crippen LogP contribution in [0.1, 0.15) is 56.6 Å². The van der Waals surface area contributed by atoms with Gasteiger partial charge in [0.1, 0.15) is 0 Å². The summed E-state index contributed by atoms with van der Waals surface area (Å²) >= 11 is 0. The van der Waals surface area contributed by atoms with Crippen LogP contribution in [0, 0.1) is 11.8 Å². The molecule has 3 atom stereocenters. The Labute approximate surface area is 176 Å². The summed E-state index contributed by atoms with van der Waals surface area (Å²) in [6.45, 7) is 6.33. The lowest BCUT2D eigenvalue weighted by molar-refractivity contribution is -0.126. The maximum absolute atomic E-state index is 12.5. The SMILES string of the molecule is CC1CCCN(Cc2ccccc2CNC(=O)C2CCCC(N)C2)C1.Cl.Cl. The van der Waals surface area contributed by atoms with E-state index in [1.165, 1.54) is 37.1 Å². The Morgan fingerprint density at radius 1 is 1.15 bits per heavy atom. The molecule has 2 aliphatic rings. The van der Waals surface area contributed by atoms with Crippen molar-refractivity contribution in [1.82, 2.24) is 10.2 Å². The number of likely N-dealkylation sites (tertiary alicyclic amines) is 1. The third kappa shape index (κ3) is 7.26. The number of carbonyl (C=O) groups is 1. The number of halogens is 2. The molecule has 3 N–H and O–H groups in total. The smallest absolute Gasteiger partial charge is 0.223 e. The molecule has 1 aliphatic heterocycles. The third-order valence-electron chi connectivity index (χ3n) is 5.79. The highest BCUT2D eigenvalue weighted by molar-refractivity contribution is 5.85. The molecule has 1 saturated carbocycles. The van der Waals surface area contributed by atoms with Gasteiger partial charge in [0.2, 0.25) is 5.91 Å². The second kappa shape index (κ2) is 11.9. The molecule has 3 rings (SSSR count). The molecule has 27 heavy (non-hydrogen) atoms. The molecule has 2 fully saturated rings. The fourth-order valence-corrected chi connectivity index (χ4v) is 4.35. The van der Waals surface area contributed by atoms with E-state index in [0.717, 1.165) is 38.1 Å². The van der Waals surface area contributed by atoms with Crippen LogP contribution in [-0.4, -0.2) is 29.9 Å². The van der Waals surface area contributed by atoms with Gasteiger partial charge in [-0.2, -0.15) is 0 Å². The number of hydrogen-bond donors (Lipinski definition) is 2. The Morgan fingerprint density at radius 2 is 1.89 bits per heavy atom. The van der Waals surface area contributed by atoms with Crippen molar-refractivity contribution in [2.45, 2.75) is 64.6 Å². The number of piperidine rings is 1. The van der Waals surface area contributed by atoms with Crippen LogP contribution in [-0.2, 0) is 17.9 Å². The summed E-state index contributed by atoms with van der Waals surface area (Å²) in [6.07, 6.45) is 6.58. The topological polar surface area (TPSA) is 58.4 Å². The molecule has 154 valence electrons. The summed E-state index contributed by atoms with van der Waals surface area (Å²) in [5.74, 6) is 1.06. The van der Waals surface area contributed by atoms with E-state index in [1.807, 2.05) is 0 Å². The molecular formula is C21H35Cl2N3O. The predicted molar refractivity (Wildman–Crippen MR) is 116 cm³/mol. The quantitative estimate of drug-likeness (QED) is 0.766. The van der Waals surface area contributed by atoms with Crippen LogP contribution in [0.5, 0.6) is 0 Å². The monoisotopic (exact) mass is 415 g/mol. The highest BCUT2D eigenvalue weighted by Gasteiger charge is 2.25. The molecule has 1 aromatic rings. The van der Waals surface area contributed by atoms with Gasteiger partial charge in [0.15, 0.2) is 0 Å². The zero-order chi connectivity index (χ0) is 17.6. The van der Waals surface area contributed by atoms with Crippen LogP contribution in [0.25, 0.3) is 0 Å². The van der Waals surface area contributed by atoms with E-state index in [0.29, 0.717) is 6.54 Å². The molecule has 1 aromatic carbocycles. The standard InChI is InChI=1S/C21H33N3O.2ClH/c1-16-6-5-11-24(14-16)15-19-8-3-2-7-18(19)13-23-21(25)17-9-4-10-20(22)12-17;;/h2-3,7-8,16-17,20H,4-6,9-15,22H2,1H3,(H,23,25);2*1H. The maximum atomic E-state index is 12.5. The van der Waals surface area contributed by atoms with Crippen LogP contribution in [0.3, 0.4) is 0 Å². The molecule has 1 heterocycles. The Kier molecular flexibility index (Phi) is 10.7. The van der Waals surface area contributed by atoms with Gasteiger partial charge in [0.05, 0.1) is 0 Å². The average Bonchev–Trinajstić information content (AvgIpc) is 2.61. The molecule has 4 nitrogen and oxygen atoms in total. The van der Waals surface area contributed by atoms with Crippen LogP contribution in [0.2, 0.25) is 0 Å². The van der Waals surface area contributed by atoms with Gasteiger partial charge in [-0.25, -0.2) is 0 Å². The minimum Gasteiger partial charge on any atom is -0.352 e. The number of amides is 1. The molecule has 0 spiro atoms. The van der Waals surface area contributed by atoms with Gasteiger partial charge in [-0.3, -0.25) is 9.69 Å². The number of carbonyl (C=O) groups excluding carboxylic acids is 1. The molecule has 1 aliphatic carbocycles. The Morgan fingerprint density at radius 3 is 2.59 bits per heavy atom. The summed E-state index contributed by atoms with van der Waals surface area (Å²) in [4.78, 5) is 15.0. The fraction of sp³-hybridized carbons (Fsp3) is 0.667. The number of benzene rings is 1. The first-order chi connectivity index (χ1) is 12.1. The Balaban J connectivity index is 0.00000182. The van der Waals surface area contributed by atoms with Crippen molar-refractivity contribution in [3.63, 3.8) is 0 Å². The van der Waals surface area contributed by atoms with Gasteiger partial charge in [0, 0.05) is 31.6 Å². The summed E-state index contributed by atoms with van der Waals surface area (Å²) in [6, 6.07) is 8.72. The zero-order valence-corrected chi connectivity index (χ0v) is 18.0. The maximum Gasteiger partial charge on any atom is 0.223 e. The van der Waals surface area contributed by atoms with Crippen LogP contribution in [0.4, 0.5) is 0 Å². The summed E-state index contributed by atoms with van der Waals surface area (Å²) in [5.41, 5.74) is 8.61. The van der Waals surface area contributed by atoms with Gasteiger partial charge < -0.3 is 11.1 Å². The molecular weight excluding hydrogens is 381 g/mol. The average molecular weight is 416 g/mol. The molecule has 6 heteroatoms. The number of rotatable bonds is 5. The largest absolute Gasteiger partial charge is 0.352 e. The molecule has 3 unspecified atom stereocenters. The van der Waals surface area contributed by atoms with Crippen LogP contribution in [0.15, 0.2) is 24.3 Å². The third-order valence-corrected chi connectivity index (χ3v) is 5.79. The molecule has 1 amide bonds. The van der Waals surface area contributed by atoms with Crippen molar-refractivity contribution < 1.29 is 4.79 Å². The first-order valence-electron chi connectivity index (χ1n) is 9.94. The zero-order valence-electron chi connectivity index (χ0n) is 16.4. The highest BCUT2D eigenvalue weighted by Crippen LogP contribution is 2.24. The molecule has 0 aromatic heterocycles. The second-order valence-electron chi connectivity index (χ2n) is 8.09. The Bertz CT molecular complexity index is 584. The van der Waals surface area contributed by atoms with Crippen molar-refractivity contribution in [3.05, 3.63) is 35.4 Å². The number of hydrogen-bond acceptors (Lipinski definition) is 3. The van der Waals surface area contributed by atoms with Gasteiger partial charge >= 0.3 is 0 Å². The van der Waals surface area contributed by atoms with Crippen molar-refractivity contribution in [2.75, 3.05) is 13.1 Å². The van der Waals surface area contributed by atoms with Crippen molar-refractivity contribution in [3.8, 4) is 0 Å². The van der Waals surface area contributed by atoms with Gasteiger partial charge in [-0.15, -0.1) is 24.8 Å². The first-order valence-corrected chi connectivity index (χ1v) is 9.94. The number of nitrogens with zero attached hydrogens (tertiary/aromatic N) is 1. The van der Waals surface area contributed by atoms with Crippen molar-refractivity contribution >= 4 is 30.7 Å². The first kappa shape index (κ1) is 24.2. The van der Waals surface area contributed by atoms with E-state index in [4.69, 9.17) is 5.73 Å². The Hall–Kier alpha value is -0.810. The van der Waals surface area contributed by atoms with Crippen molar-refractivity contribution in [2.24, 2.45) is 17.6 Å². The lowest BCUT2D eigenvalue weighted by Crippen LogP contribution is -2.38. The molecule has 1 saturated heterocycles. The minimum atomic E-state index is 0. The fourth-order valence-electron chi connectivity index (χ4n) is 4.35. The highest BCUT2D eigenvalue weighted by atomic mass is 35.5. The lowest BCUT2D eigenvalue weighted by Gasteiger charge is -2.31. The van der Waals surface area contributed by atoms with Crippen LogP contribution < -0.4 is 11.1 Å². The normalized spacial score (nSPS) is 25.8. The number of nitrogens with two attached hydrogens (primary N) is 1.